The zero-order valence-corrected chi connectivity index (χ0v) is 13.7. The molecule has 0 N–H and O–H groups in total. The molecule has 5 heteroatoms. The maximum Gasteiger partial charge on any atom is 0.123 e. The van der Waals surface area contributed by atoms with Crippen LogP contribution in [0.15, 0.2) is 71.0 Å². The van der Waals surface area contributed by atoms with Gasteiger partial charge in [0.15, 0.2) is 0 Å². The summed E-state index contributed by atoms with van der Waals surface area (Å²) in [5.41, 5.74) is 1.09. The number of rotatable bonds is 7. The Morgan fingerprint density at radius 3 is 2.48 bits per heavy atom. The molecule has 0 saturated carbocycles. The molecule has 110 valence electrons. The highest BCUT2D eigenvalue weighted by Gasteiger charge is 1.99. The molecule has 0 aliphatic rings. The average molecular weight is 338 g/mol. The molecule has 0 heterocycles. The first-order valence-corrected chi connectivity index (χ1v) is 10.1. The summed E-state index contributed by atoms with van der Waals surface area (Å²) in [5, 5.41) is 1.95. The molecule has 0 radical (unpaired) electrons. The lowest BCUT2D eigenvalue weighted by atomic mass is 10.2. The second-order valence-electron chi connectivity index (χ2n) is 4.18. The van der Waals surface area contributed by atoms with E-state index in [2.05, 4.69) is 0 Å². The summed E-state index contributed by atoms with van der Waals surface area (Å²) < 4.78 is 24.7. The minimum atomic E-state index is -0.979. The van der Waals surface area contributed by atoms with Crippen LogP contribution in [0.1, 0.15) is 5.56 Å². The van der Waals surface area contributed by atoms with E-state index in [0.29, 0.717) is 5.75 Å². The van der Waals surface area contributed by atoms with Crippen LogP contribution in [0.2, 0.25) is 0 Å². The van der Waals surface area contributed by atoms with Gasteiger partial charge < -0.3 is 0 Å². The Bertz CT molecular complexity index is 597. The maximum atomic E-state index is 12.7. The van der Waals surface area contributed by atoms with E-state index in [1.807, 2.05) is 41.8 Å². The van der Waals surface area contributed by atoms with Crippen molar-refractivity contribution in [2.45, 2.75) is 10.6 Å². The van der Waals surface area contributed by atoms with Gasteiger partial charge in [0.1, 0.15) is 5.82 Å². The van der Waals surface area contributed by atoms with Crippen molar-refractivity contribution in [1.29, 1.82) is 0 Å². The van der Waals surface area contributed by atoms with Gasteiger partial charge in [0.25, 0.3) is 0 Å². The van der Waals surface area contributed by atoms with Crippen LogP contribution in [0.4, 0.5) is 4.39 Å². The predicted octanol–water partition coefficient (Wildman–Crippen LogP) is 5.03. The SMILES string of the molecule is O=S(C/C=C/SSCc1ccc(F)cc1)c1ccccc1. The van der Waals surface area contributed by atoms with Gasteiger partial charge in [0.2, 0.25) is 0 Å². The first kappa shape index (κ1) is 16.3. The van der Waals surface area contributed by atoms with Gasteiger partial charge in [-0.1, -0.05) is 58.0 Å². The summed E-state index contributed by atoms with van der Waals surface area (Å²) in [7, 11) is 2.29. The number of hydrogen-bond acceptors (Lipinski definition) is 3. The highest BCUT2D eigenvalue weighted by atomic mass is 33.1. The summed E-state index contributed by atoms with van der Waals surface area (Å²) in [6, 6.07) is 16.0. The van der Waals surface area contributed by atoms with Crippen LogP contribution in [0.5, 0.6) is 0 Å². The normalized spacial score (nSPS) is 12.6. The third-order valence-corrected chi connectivity index (χ3v) is 5.89. The van der Waals surface area contributed by atoms with E-state index in [9.17, 15) is 8.60 Å². The van der Waals surface area contributed by atoms with Crippen LogP contribution in [-0.2, 0) is 16.6 Å². The molecule has 0 aliphatic heterocycles. The second-order valence-corrected chi connectivity index (χ2v) is 7.95. The predicted molar refractivity (Wildman–Crippen MR) is 92.1 cm³/mol. The van der Waals surface area contributed by atoms with Crippen LogP contribution in [0.3, 0.4) is 0 Å². The lowest BCUT2D eigenvalue weighted by molar-refractivity contribution is 0.627. The summed E-state index contributed by atoms with van der Waals surface area (Å²) in [6.45, 7) is 0. The molecule has 0 aliphatic carbocycles. The molecule has 1 unspecified atom stereocenters. The van der Waals surface area contributed by atoms with E-state index in [-0.39, 0.29) is 5.82 Å². The van der Waals surface area contributed by atoms with Gasteiger partial charge >= 0.3 is 0 Å². The maximum absolute atomic E-state index is 12.7. The lowest BCUT2D eigenvalue weighted by Crippen LogP contribution is -1.93. The molecule has 0 amide bonds. The largest absolute Gasteiger partial charge is 0.254 e. The Hall–Kier alpha value is -1.04. The molecule has 0 saturated heterocycles. The average Bonchev–Trinajstić information content (AvgIpc) is 2.53. The smallest absolute Gasteiger partial charge is 0.123 e. The fourth-order valence-electron chi connectivity index (χ4n) is 1.56. The molecule has 0 aromatic heterocycles. The van der Waals surface area contributed by atoms with Crippen LogP contribution >= 0.6 is 21.6 Å². The molecule has 0 spiro atoms. The molecule has 21 heavy (non-hydrogen) atoms. The molecule has 2 aromatic carbocycles. The van der Waals surface area contributed by atoms with Gasteiger partial charge in [-0.15, -0.1) is 0 Å². The quantitative estimate of drug-likeness (QED) is 0.521. The Labute approximate surface area is 134 Å². The minimum Gasteiger partial charge on any atom is -0.254 e. The Morgan fingerprint density at radius 2 is 1.76 bits per heavy atom. The molecule has 1 atom stereocenters. The topological polar surface area (TPSA) is 17.1 Å². The van der Waals surface area contributed by atoms with E-state index in [0.717, 1.165) is 16.2 Å². The van der Waals surface area contributed by atoms with E-state index in [1.54, 1.807) is 33.7 Å². The van der Waals surface area contributed by atoms with E-state index < -0.39 is 10.8 Å². The number of halogens is 1. The van der Waals surface area contributed by atoms with Gasteiger partial charge in [-0.3, -0.25) is 4.21 Å². The first-order valence-electron chi connectivity index (χ1n) is 6.37. The van der Waals surface area contributed by atoms with Crippen molar-refractivity contribution in [3.05, 3.63) is 77.5 Å². The van der Waals surface area contributed by atoms with Gasteiger partial charge in [-0.2, -0.15) is 0 Å². The van der Waals surface area contributed by atoms with Crippen LogP contribution in [0, 0.1) is 5.82 Å². The third-order valence-electron chi connectivity index (χ3n) is 2.61. The molecule has 0 fully saturated rings. The number of hydrogen-bond donors (Lipinski definition) is 0. The van der Waals surface area contributed by atoms with E-state index in [1.165, 1.54) is 12.1 Å². The molecule has 2 rings (SSSR count). The van der Waals surface area contributed by atoms with Gasteiger partial charge in [0.05, 0.1) is 10.8 Å². The Morgan fingerprint density at radius 1 is 1.05 bits per heavy atom. The second kappa shape index (κ2) is 9.07. The monoisotopic (exact) mass is 338 g/mol. The summed E-state index contributed by atoms with van der Waals surface area (Å²) in [4.78, 5) is 0.853. The van der Waals surface area contributed by atoms with Crippen molar-refractivity contribution in [3.63, 3.8) is 0 Å². The molecular formula is C16H15FOS3. The van der Waals surface area contributed by atoms with Crippen molar-refractivity contribution < 1.29 is 8.60 Å². The summed E-state index contributed by atoms with van der Waals surface area (Å²) in [5.74, 6) is 1.13. The molecule has 1 nitrogen and oxygen atoms in total. The molecule has 2 aromatic rings. The standard InChI is InChI=1S/C16H15FOS3/c17-15-9-7-14(8-10-15)13-20-19-11-4-12-21(18)16-5-2-1-3-6-16/h1-11H,12-13H2/b11-4+. The fourth-order valence-corrected chi connectivity index (χ4v) is 4.34. The van der Waals surface area contributed by atoms with Crippen molar-refractivity contribution in [3.8, 4) is 0 Å². The van der Waals surface area contributed by atoms with Crippen LogP contribution < -0.4 is 0 Å². The van der Waals surface area contributed by atoms with Crippen molar-refractivity contribution in [1.82, 2.24) is 0 Å². The summed E-state index contributed by atoms with van der Waals surface area (Å²) >= 11 is 0. The van der Waals surface area contributed by atoms with Crippen molar-refractivity contribution in [2.75, 3.05) is 5.75 Å². The Balaban J connectivity index is 1.67. The van der Waals surface area contributed by atoms with Crippen LogP contribution in [0.25, 0.3) is 0 Å². The molecular weight excluding hydrogens is 323 g/mol. The van der Waals surface area contributed by atoms with Crippen molar-refractivity contribution in [2.24, 2.45) is 0 Å². The minimum absolute atomic E-state index is 0.209. The zero-order valence-electron chi connectivity index (χ0n) is 11.3. The lowest BCUT2D eigenvalue weighted by Gasteiger charge is -1.99. The summed E-state index contributed by atoms with van der Waals surface area (Å²) in [6.07, 6.45) is 1.92. The Kier molecular flexibility index (Phi) is 7.06. The van der Waals surface area contributed by atoms with E-state index in [4.69, 9.17) is 0 Å². The molecule has 0 bridgehead atoms. The number of benzene rings is 2. The zero-order chi connectivity index (χ0) is 14.9. The van der Waals surface area contributed by atoms with E-state index >= 15 is 0 Å². The van der Waals surface area contributed by atoms with Gasteiger partial charge in [-0.25, -0.2) is 4.39 Å². The van der Waals surface area contributed by atoms with Gasteiger partial charge in [0, 0.05) is 16.4 Å². The van der Waals surface area contributed by atoms with Crippen molar-refractivity contribution >= 4 is 32.4 Å². The third kappa shape index (κ3) is 6.08. The highest BCUT2D eigenvalue weighted by molar-refractivity contribution is 8.77. The van der Waals surface area contributed by atoms with Gasteiger partial charge in [-0.05, 0) is 35.2 Å². The fraction of sp³-hybridized carbons (Fsp3) is 0.125. The van der Waals surface area contributed by atoms with Crippen LogP contribution in [-0.4, -0.2) is 9.96 Å². The highest BCUT2D eigenvalue weighted by Crippen LogP contribution is 2.26. The first-order chi connectivity index (χ1) is 10.3.